The van der Waals surface area contributed by atoms with E-state index in [9.17, 15) is 4.57 Å². The molecule has 1 aliphatic rings. The van der Waals surface area contributed by atoms with Gasteiger partial charge in [0.2, 0.25) is 0 Å². The van der Waals surface area contributed by atoms with Crippen LogP contribution in [-0.4, -0.2) is 17.8 Å². The summed E-state index contributed by atoms with van der Waals surface area (Å²) in [5.41, 5.74) is 4.97. The van der Waals surface area contributed by atoms with Crippen LogP contribution in [0.2, 0.25) is 0 Å². The molecule has 0 saturated carbocycles. The maximum absolute atomic E-state index is 10.3. The van der Waals surface area contributed by atoms with E-state index in [-0.39, 0.29) is 6.10 Å². The molecule has 3 unspecified atom stereocenters. The lowest BCUT2D eigenvalue weighted by Crippen LogP contribution is -2.04. The molecule has 1 fully saturated rings. The molecular formula is C3H6ClNO2P+. The molecule has 0 amide bonds. The van der Waals surface area contributed by atoms with Crippen LogP contribution in [0, 0.1) is 0 Å². The molecule has 3 atom stereocenters. The Labute approximate surface area is 53.0 Å². The third kappa shape index (κ3) is 1.39. The first kappa shape index (κ1) is 6.43. The fourth-order valence-electron chi connectivity index (χ4n) is 0.378. The zero-order valence-electron chi connectivity index (χ0n) is 4.08. The number of rotatable bonds is 2. The van der Waals surface area contributed by atoms with Crippen LogP contribution >= 0.6 is 19.6 Å². The van der Waals surface area contributed by atoms with Gasteiger partial charge in [-0.05, 0) is 4.57 Å². The Kier molecular flexibility index (Phi) is 1.83. The van der Waals surface area contributed by atoms with Gasteiger partial charge in [0.15, 0.2) is 0 Å². The van der Waals surface area contributed by atoms with Crippen molar-refractivity contribution in [2.24, 2.45) is 5.50 Å². The molecule has 2 N–H and O–H groups in total. The van der Waals surface area contributed by atoms with Gasteiger partial charge in [-0.25, -0.2) is 0 Å². The van der Waals surface area contributed by atoms with Crippen molar-refractivity contribution < 1.29 is 9.30 Å². The summed E-state index contributed by atoms with van der Waals surface area (Å²) in [5, 5.41) is -0.481. The van der Waals surface area contributed by atoms with Crippen molar-refractivity contribution in [3.63, 3.8) is 0 Å². The second kappa shape index (κ2) is 2.28. The number of alkyl halides is 1. The Balaban J connectivity index is 2.32. The number of halogens is 1. The molecule has 1 saturated heterocycles. The van der Waals surface area contributed by atoms with Gasteiger partial charge in [0.1, 0.15) is 6.10 Å². The number of hydrogen-bond donors (Lipinski definition) is 1. The molecule has 46 valence electrons. The Hall–Kier alpha value is 0.310. The first-order chi connectivity index (χ1) is 3.72. The molecule has 0 aromatic carbocycles. The molecule has 3 nitrogen and oxygen atoms in total. The van der Waals surface area contributed by atoms with Crippen LogP contribution < -0.4 is 5.50 Å². The zero-order valence-corrected chi connectivity index (χ0v) is 5.73. The SMILES string of the molecule is N[P+](=O)C(Cl)C1CO1. The second-order valence-corrected chi connectivity index (χ2v) is 3.65. The highest BCUT2D eigenvalue weighted by Gasteiger charge is 2.42. The highest BCUT2D eigenvalue weighted by Crippen LogP contribution is 2.33. The van der Waals surface area contributed by atoms with Crippen molar-refractivity contribution in [1.29, 1.82) is 0 Å². The van der Waals surface area contributed by atoms with Crippen molar-refractivity contribution >= 4 is 19.6 Å². The largest absolute Gasteiger partial charge is 0.451 e. The minimum atomic E-state index is -1.75. The Morgan fingerprint density at radius 1 is 2.00 bits per heavy atom. The molecule has 0 spiro atoms. The predicted molar refractivity (Wildman–Crippen MR) is 31.2 cm³/mol. The van der Waals surface area contributed by atoms with Crippen LogP contribution in [0.1, 0.15) is 0 Å². The van der Waals surface area contributed by atoms with Gasteiger partial charge in [0.25, 0.3) is 5.12 Å². The van der Waals surface area contributed by atoms with Crippen molar-refractivity contribution in [3.8, 4) is 0 Å². The molecule has 1 heterocycles. The average Bonchev–Trinajstić information content (AvgIpc) is 2.43. The lowest BCUT2D eigenvalue weighted by atomic mass is 10.6. The van der Waals surface area contributed by atoms with Gasteiger partial charge in [0.05, 0.1) is 6.61 Å². The summed E-state index contributed by atoms with van der Waals surface area (Å²) < 4.78 is 15.1. The minimum absolute atomic E-state index is 0.0507. The summed E-state index contributed by atoms with van der Waals surface area (Å²) in [6, 6.07) is 0. The maximum atomic E-state index is 10.3. The van der Waals surface area contributed by atoms with Crippen LogP contribution in [0.3, 0.4) is 0 Å². The summed E-state index contributed by atoms with van der Waals surface area (Å²) in [6.45, 7) is 0.604. The molecule has 0 radical (unpaired) electrons. The highest BCUT2D eigenvalue weighted by atomic mass is 35.5. The summed E-state index contributed by atoms with van der Waals surface area (Å²) in [6.07, 6.45) is -0.0507. The summed E-state index contributed by atoms with van der Waals surface area (Å²) in [5.74, 6) is 0. The number of ether oxygens (including phenoxy) is 1. The molecule has 0 aromatic rings. The van der Waals surface area contributed by atoms with E-state index in [1.54, 1.807) is 0 Å². The van der Waals surface area contributed by atoms with E-state index in [0.717, 1.165) is 0 Å². The molecule has 5 heteroatoms. The smallest absolute Gasteiger partial charge is 0.367 e. The topological polar surface area (TPSA) is 55.6 Å². The third-order valence-electron chi connectivity index (χ3n) is 0.909. The van der Waals surface area contributed by atoms with Crippen LogP contribution in [0.4, 0.5) is 0 Å². The zero-order chi connectivity index (χ0) is 6.15. The summed E-state index contributed by atoms with van der Waals surface area (Å²) in [7, 11) is -1.75. The van der Waals surface area contributed by atoms with E-state index in [4.69, 9.17) is 21.8 Å². The van der Waals surface area contributed by atoms with Gasteiger partial charge in [-0.2, -0.15) is 0 Å². The molecular weight excluding hydrogens is 148 g/mol. The lowest BCUT2D eigenvalue weighted by molar-refractivity contribution is 0.416. The number of hydrogen-bond acceptors (Lipinski definition) is 2. The number of nitrogens with two attached hydrogens (primary N) is 1. The van der Waals surface area contributed by atoms with Gasteiger partial charge in [-0.15, -0.1) is 5.50 Å². The molecule has 1 aliphatic heterocycles. The van der Waals surface area contributed by atoms with Crippen LogP contribution in [0.5, 0.6) is 0 Å². The second-order valence-electron chi connectivity index (χ2n) is 1.60. The van der Waals surface area contributed by atoms with Crippen molar-refractivity contribution in [2.45, 2.75) is 11.2 Å². The maximum Gasteiger partial charge on any atom is 0.451 e. The van der Waals surface area contributed by atoms with Gasteiger partial charge in [-0.1, -0.05) is 11.6 Å². The third-order valence-corrected chi connectivity index (χ3v) is 2.59. The Bertz CT molecular complexity index is 116. The van der Waals surface area contributed by atoms with Crippen molar-refractivity contribution in [2.75, 3.05) is 6.61 Å². The standard InChI is InChI=1S/C3H6ClNO2P/c4-3(8(5)6)2-1-7-2/h2-3H,1H2,(H2,5,6)/q+1. The normalized spacial score (nSPS) is 31.8. The van der Waals surface area contributed by atoms with Crippen molar-refractivity contribution in [3.05, 3.63) is 0 Å². The summed E-state index contributed by atoms with van der Waals surface area (Å²) in [4.78, 5) is 0. The van der Waals surface area contributed by atoms with Gasteiger partial charge < -0.3 is 4.74 Å². The van der Waals surface area contributed by atoms with Gasteiger partial charge in [-0.3, -0.25) is 0 Å². The molecule has 0 aromatic heterocycles. The predicted octanol–water partition coefficient (Wildman–Crippen LogP) is 0.651. The fraction of sp³-hybridized carbons (Fsp3) is 1.00. The number of epoxide rings is 1. The average molecular weight is 155 g/mol. The van der Waals surface area contributed by atoms with E-state index >= 15 is 0 Å². The molecule has 0 bridgehead atoms. The van der Waals surface area contributed by atoms with E-state index in [2.05, 4.69) is 0 Å². The van der Waals surface area contributed by atoms with Crippen molar-refractivity contribution in [1.82, 2.24) is 0 Å². The van der Waals surface area contributed by atoms with Gasteiger partial charge in [0, 0.05) is 0 Å². The fourth-order valence-corrected chi connectivity index (χ4v) is 1.02. The lowest BCUT2D eigenvalue weighted by Gasteiger charge is -1.83. The van der Waals surface area contributed by atoms with E-state index in [0.29, 0.717) is 6.61 Å². The first-order valence-corrected chi connectivity index (χ1v) is 4.02. The highest BCUT2D eigenvalue weighted by molar-refractivity contribution is 7.45. The van der Waals surface area contributed by atoms with Crippen LogP contribution in [0.25, 0.3) is 0 Å². The summed E-state index contributed by atoms with van der Waals surface area (Å²) >= 11 is 5.48. The van der Waals surface area contributed by atoms with Crippen LogP contribution in [0.15, 0.2) is 0 Å². The molecule has 1 rings (SSSR count). The van der Waals surface area contributed by atoms with Gasteiger partial charge >= 0.3 is 7.95 Å². The Morgan fingerprint density at radius 3 is 2.62 bits per heavy atom. The van der Waals surface area contributed by atoms with Crippen LogP contribution in [-0.2, 0) is 9.30 Å². The Morgan fingerprint density at radius 2 is 2.50 bits per heavy atom. The first-order valence-electron chi connectivity index (χ1n) is 2.18. The molecule has 8 heavy (non-hydrogen) atoms. The quantitative estimate of drug-likeness (QED) is 0.361. The van der Waals surface area contributed by atoms with E-state index in [1.165, 1.54) is 0 Å². The van der Waals surface area contributed by atoms with E-state index in [1.807, 2.05) is 0 Å². The van der Waals surface area contributed by atoms with E-state index < -0.39 is 13.1 Å². The monoisotopic (exact) mass is 154 g/mol. The minimum Gasteiger partial charge on any atom is -0.367 e. The molecule has 0 aliphatic carbocycles.